The van der Waals surface area contributed by atoms with Gasteiger partial charge in [0, 0.05) is 12.5 Å². The number of nitrogens with one attached hydrogen (secondary N) is 2. The van der Waals surface area contributed by atoms with E-state index in [0.29, 0.717) is 12.8 Å². The van der Waals surface area contributed by atoms with Crippen molar-refractivity contribution in [1.82, 2.24) is 15.7 Å². The smallest absolute Gasteiger partial charge is 0.233 e. The van der Waals surface area contributed by atoms with E-state index < -0.39 is 32.4 Å². The Kier molecular flexibility index (Phi) is 12.0. The molecule has 0 aromatic rings. The molecule has 0 spiro atoms. The van der Waals surface area contributed by atoms with Gasteiger partial charge in [0.05, 0.1) is 37.7 Å². The summed E-state index contributed by atoms with van der Waals surface area (Å²) >= 11 is 0. The first-order chi connectivity index (χ1) is 16.3. The molecule has 2 N–H and O–H groups in total. The highest BCUT2D eigenvalue weighted by Crippen LogP contribution is 2.39. The molecule has 0 bridgehead atoms. The van der Waals surface area contributed by atoms with Crippen molar-refractivity contribution in [1.29, 1.82) is 0 Å². The summed E-state index contributed by atoms with van der Waals surface area (Å²) < 4.78 is 12.0. The van der Waals surface area contributed by atoms with Gasteiger partial charge in [-0.2, -0.15) is 0 Å². The summed E-state index contributed by atoms with van der Waals surface area (Å²) in [5, 5.41) is 6.22. The summed E-state index contributed by atoms with van der Waals surface area (Å²) in [6.07, 6.45) is 2.39. The third kappa shape index (κ3) is 8.67. The molecule has 0 aromatic heterocycles. The summed E-state index contributed by atoms with van der Waals surface area (Å²) in [5.41, 5.74) is 0. The molecule has 0 aromatic carbocycles. The number of carbonyl (C=O) groups excluding carboxylic acids is 4. The second kappa shape index (κ2) is 13.7. The van der Waals surface area contributed by atoms with Gasteiger partial charge in [-0.3, -0.25) is 24.0 Å². The number of ketones is 1. The van der Waals surface area contributed by atoms with Crippen LogP contribution in [0.15, 0.2) is 25.3 Å². The number of Topliss-reactive ketones (excluding diaryl/α,β-unsaturated/α-hetero) is 1. The second-order valence-electron chi connectivity index (χ2n) is 10.1. The molecule has 1 aliphatic heterocycles. The predicted molar refractivity (Wildman–Crippen MR) is 134 cm³/mol. The number of rotatable bonds is 18. The number of carbonyl (C=O) groups is 4. The van der Waals surface area contributed by atoms with Crippen molar-refractivity contribution in [3.63, 3.8) is 0 Å². The fourth-order valence-electron chi connectivity index (χ4n) is 3.61. The third-order valence-corrected chi connectivity index (χ3v) is 11.1. The predicted octanol–water partition coefficient (Wildman–Crippen LogP) is 1.94. The molecule has 35 heavy (non-hydrogen) atoms. The Hall–Kier alpha value is -2.34. The fraction of sp³-hybridized carbons (Fsp3) is 0.667. The van der Waals surface area contributed by atoms with Gasteiger partial charge in [0.15, 0.2) is 8.32 Å². The van der Waals surface area contributed by atoms with E-state index in [9.17, 15) is 19.2 Å². The first kappa shape index (κ1) is 30.7. The molecule has 1 heterocycles. The number of amides is 3. The molecule has 1 fully saturated rings. The monoisotopic (exact) mass is 511 g/mol. The lowest BCUT2D eigenvalue weighted by Crippen LogP contribution is -2.64. The van der Waals surface area contributed by atoms with Crippen molar-refractivity contribution < 1.29 is 33.2 Å². The Morgan fingerprint density at radius 3 is 2.34 bits per heavy atom. The van der Waals surface area contributed by atoms with Gasteiger partial charge in [-0.05, 0) is 25.1 Å². The maximum Gasteiger partial charge on any atom is 0.233 e. The van der Waals surface area contributed by atoms with Crippen molar-refractivity contribution in [2.45, 2.75) is 70.6 Å². The van der Waals surface area contributed by atoms with E-state index >= 15 is 0 Å². The van der Waals surface area contributed by atoms with Crippen LogP contribution >= 0.6 is 0 Å². The van der Waals surface area contributed by atoms with Crippen LogP contribution in [0.1, 0.15) is 34.1 Å². The lowest BCUT2D eigenvalue weighted by molar-refractivity contribution is -0.177. The van der Waals surface area contributed by atoms with Crippen molar-refractivity contribution in [2.24, 2.45) is 11.8 Å². The molecule has 1 aliphatic rings. The standard InChI is InChI=1S/C24H41N3O7Si/c1-9-11-32-23(25-15-28)18(14-27(16-29)33-12-10-2)20(30)13-19-21(22(31)26-19)17(3)34-35(7,8)24(4,5)6/h9-10,15-19,21,23H,1-2,11-14H2,3-8H3,(H,25,28)(H,26,31)/t17-,18?,19-,21-,23?/m1/s1. The van der Waals surface area contributed by atoms with Crippen molar-refractivity contribution in [3.05, 3.63) is 25.3 Å². The average Bonchev–Trinajstić information content (AvgIpc) is 2.75. The van der Waals surface area contributed by atoms with Crippen molar-refractivity contribution in [3.8, 4) is 0 Å². The first-order valence-corrected chi connectivity index (χ1v) is 14.6. The molecule has 0 saturated carbocycles. The van der Waals surface area contributed by atoms with E-state index in [1.807, 2.05) is 6.92 Å². The topological polar surface area (TPSA) is 123 Å². The van der Waals surface area contributed by atoms with Crippen LogP contribution in [-0.4, -0.2) is 76.0 Å². The van der Waals surface area contributed by atoms with E-state index in [2.05, 4.69) is 57.7 Å². The van der Waals surface area contributed by atoms with Crippen LogP contribution < -0.4 is 10.6 Å². The first-order valence-electron chi connectivity index (χ1n) is 11.7. The Balaban J connectivity index is 3.05. The second-order valence-corrected chi connectivity index (χ2v) is 14.9. The van der Waals surface area contributed by atoms with Gasteiger partial charge in [-0.15, -0.1) is 13.2 Å². The van der Waals surface area contributed by atoms with Gasteiger partial charge in [-0.25, -0.2) is 5.06 Å². The molecular weight excluding hydrogens is 470 g/mol. The number of nitrogens with zero attached hydrogens (tertiary/aromatic N) is 1. The maximum absolute atomic E-state index is 13.4. The molecular formula is C24H41N3O7Si. The Bertz CT molecular complexity index is 769. The number of β-lactam (4-membered cyclic amide) rings is 1. The normalized spacial score (nSPS) is 20.5. The van der Waals surface area contributed by atoms with Crippen molar-refractivity contribution >= 4 is 32.8 Å². The SMILES string of the molecule is C=CCOC(NC=O)C(CN(C=O)OCC=C)C(=O)C[C@H]1NC(=O)[C@@H]1[C@@H](C)O[Si](C)(C)C(C)(C)C. The number of hydrogen-bond acceptors (Lipinski definition) is 7. The number of hydroxylamine groups is 2. The zero-order valence-electron chi connectivity index (χ0n) is 21.7. The summed E-state index contributed by atoms with van der Waals surface area (Å²) in [6.45, 7) is 19.5. The van der Waals surface area contributed by atoms with Crippen LogP contribution in [-0.2, 0) is 33.2 Å². The summed E-state index contributed by atoms with van der Waals surface area (Å²) in [5.74, 6) is -1.92. The zero-order chi connectivity index (χ0) is 26.8. The quantitative estimate of drug-likeness (QED) is 0.0720. The Labute approximate surface area is 209 Å². The van der Waals surface area contributed by atoms with E-state index in [0.717, 1.165) is 5.06 Å². The van der Waals surface area contributed by atoms with Crippen LogP contribution in [0.2, 0.25) is 18.1 Å². The van der Waals surface area contributed by atoms with Gasteiger partial charge in [0.1, 0.15) is 12.0 Å². The number of ether oxygens (including phenoxy) is 1. The fourth-order valence-corrected chi connectivity index (χ4v) is 5.04. The van der Waals surface area contributed by atoms with E-state index in [1.165, 1.54) is 12.2 Å². The van der Waals surface area contributed by atoms with Crippen LogP contribution in [0.4, 0.5) is 0 Å². The maximum atomic E-state index is 13.4. The van der Waals surface area contributed by atoms with E-state index in [4.69, 9.17) is 14.0 Å². The molecule has 11 heteroatoms. The van der Waals surface area contributed by atoms with Gasteiger partial charge < -0.3 is 19.8 Å². The molecule has 0 radical (unpaired) electrons. The minimum atomic E-state index is -2.13. The van der Waals surface area contributed by atoms with E-state index in [1.54, 1.807) is 0 Å². The van der Waals surface area contributed by atoms with Gasteiger partial charge in [0.2, 0.25) is 18.7 Å². The largest absolute Gasteiger partial charge is 0.413 e. The molecule has 2 unspecified atom stereocenters. The highest BCUT2D eigenvalue weighted by atomic mass is 28.4. The Morgan fingerprint density at radius 1 is 1.23 bits per heavy atom. The van der Waals surface area contributed by atoms with Gasteiger partial charge >= 0.3 is 0 Å². The van der Waals surface area contributed by atoms with Crippen molar-refractivity contribution in [2.75, 3.05) is 19.8 Å². The lowest BCUT2D eigenvalue weighted by Gasteiger charge is -2.45. The summed E-state index contributed by atoms with van der Waals surface area (Å²) in [7, 11) is -2.13. The molecule has 1 saturated heterocycles. The minimum Gasteiger partial charge on any atom is -0.413 e. The van der Waals surface area contributed by atoms with Gasteiger partial charge in [-0.1, -0.05) is 32.9 Å². The minimum absolute atomic E-state index is 0.0189. The molecule has 3 amide bonds. The molecule has 0 aliphatic carbocycles. The van der Waals surface area contributed by atoms with Crippen LogP contribution in [0.3, 0.4) is 0 Å². The highest BCUT2D eigenvalue weighted by Gasteiger charge is 2.48. The lowest BCUT2D eigenvalue weighted by atomic mass is 9.81. The third-order valence-electron chi connectivity index (χ3n) is 6.53. The van der Waals surface area contributed by atoms with E-state index in [-0.39, 0.29) is 49.0 Å². The summed E-state index contributed by atoms with van der Waals surface area (Å²) in [4.78, 5) is 53.8. The van der Waals surface area contributed by atoms with Gasteiger partial charge in [0.25, 0.3) is 0 Å². The van der Waals surface area contributed by atoms with Crippen LogP contribution in [0.25, 0.3) is 0 Å². The van der Waals surface area contributed by atoms with Crippen LogP contribution in [0.5, 0.6) is 0 Å². The number of hydrogen-bond donors (Lipinski definition) is 2. The van der Waals surface area contributed by atoms with Crippen LogP contribution in [0, 0.1) is 11.8 Å². The Morgan fingerprint density at radius 2 is 1.86 bits per heavy atom. The molecule has 1 rings (SSSR count). The molecule has 198 valence electrons. The average molecular weight is 512 g/mol. The molecule has 5 atom stereocenters. The summed E-state index contributed by atoms with van der Waals surface area (Å²) in [6, 6.07) is -0.438. The molecule has 10 nitrogen and oxygen atoms in total. The zero-order valence-corrected chi connectivity index (χ0v) is 22.7. The highest BCUT2D eigenvalue weighted by molar-refractivity contribution is 6.74.